The fraction of sp³-hybridized carbons (Fsp3) is 0.778. The van der Waals surface area contributed by atoms with Crippen LogP contribution in [0.5, 0.6) is 0 Å². The van der Waals surface area contributed by atoms with Crippen LogP contribution in [-0.2, 0) is 14.3 Å². The molecular formula is C9H15NO3. The maximum atomic E-state index is 11.4. The first-order chi connectivity index (χ1) is 6.24. The number of nitrogens with one attached hydrogen (secondary N) is 1. The van der Waals surface area contributed by atoms with E-state index in [2.05, 4.69) is 17.0 Å². The Bertz CT molecular complexity index is 193. The standard InChI is InChI=1S/C9H15NO3/c1-7-2-8(4-10-3-7)9(12)5-13-6-11/h6-8,10H,2-5H2,1H3. The molecule has 1 saturated heterocycles. The Hall–Kier alpha value is -0.900. The monoisotopic (exact) mass is 185 g/mol. The van der Waals surface area contributed by atoms with Crippen LogP contribution >= 0.6 is 0 Å². The number of piperidine rings is 1. The van der Waals surface area contributed by atoms with Crippen molar-refractivity contribution in [3.05, 3.63) is 0 Å². The van der Waals surface area contributed by atoms with Crippen LogP contribution in [0.2, 0.25) is 0 Å². The lowest BCUT2D eigenvalue weighted by Crippen LogP contribution is -2.39. The fourth-order valence-electron chi connectivity index (χ4n) is 1.64. The molecular weight excluding hydrogens is 170 g/mol. The third-order valence-electron chi connectivity index (χ3n) is 2.32. The summed E-state index contributed by atoms with van der Waals surface area (Å²) in [5.74, 6) is 0.564. The van der Waals surface area contributed by atoms with E-state index >= 15 is 0 Å². The fourth-order valence-corrected chi connectivity index (χ4v) is 1.64. The van der Waals surface area contributed by atoms with E-state index < -0.39 is 0 Å². The molecule has 2 atom stereocenters. The first-order valence-electron chi connectivity index (χ1n) is 4.52. The van der Waals surface area contributed by atoms with E-state index in [1.165, 1.54) is 0 Å². The van der Waals surface area contributed by atoms with Gasteiger partial charge in [-0.2, -0.15) is 0 Å². The molecule has 4 nitrogen and oxygen atoms in total. The number of carbonyl (C=O) groups excluding carboxylic acids is 2. The van der Waals surface area contributed by atoms with Gasteiger partial charge in [0.05, 0.1) is 0 Å². The molecule has 0 aromatic rings. The van der Waals surface area contributed by atoms with Gasteiger partial charge in [-0.05, 0) is 18.9 Å². The zero-order valence-electron chi connectivity index (χ0n) is 7.79. The van der Waals surface area contributed by atoms with Crippen molar-refractivity contribution in [1.82, 2.24) is 5.32 Å². The van der Waals surface area contributed by atoms with Gasteiger partial charge in [0.1, 0.15) is 6.61 Å². The van der Waals surface area contributed by atoms with Crippen molar-refractivity contribution in [3.8, 4) is 0 Å². The average Bonchev–Trinajstić information content (AvgIpc) is 2.14. The van der Waals surface area contributed by atoms with Gasteiger partial charge in [-0.1, -0.05) is 6.92 Å². The van der Waals surface area contributed by atoms with E-state index in [0.29, 0.717) is 18.9 Å². The Balaban J connectivity index is 2.32. The molecule has 74 valence electrons. The SMILES string of the molecule is CC1CNCC(C(=O)COC=O)C1. The Morgan fingerprint density at radius 1 is 1.62 bits per heavy atom. The summed E-state index contributed by atoms with van der Waals surface area (Å²) in [5, 5.41) is 3.18. The minimum Gasteiger partial charge on any atom is -0.460 e. The minimum absolute atomic E-state index is 0.0173. The van der Waals surface area contributed by atoms with Crippen molar-refractivity contribution in [2.24, 2.45) is 11.8 Å². The van der Waals surface area contributed by atoms with Crippen LogP contribution in [0.3, 0.4) is 0 Å². The molecule has 1 aliphatic rings. The van der Waals surface area contributed by atoms with Gasteiger partial charge in [-0.15, -0.1) is 0 Å². The normalized spacial score (nSPS) is 28.1. The number of hydrogen-bond donors (Lipinski definition) is 1. The topological polar surface area (TPSA) is 55.4 Å². The summed E-state index contributed by atoms with van der Waals surface area (Å²) in [6.45, 7) is 4.02. The Kier molecular flexibility index (Phi) is 3.89. The molecule has 1 heterocycles. The second-order valence-electron chi connectivity index (χ2n) is 3.57. The van der Waals surface area contributed by atoms with Crippen molar-refractivity contribution in [2.45, 2.75) is 13.3 Å². The predicted octanol–water partition coefficient (Wildman–Crippen LogP) is -0.0259. The molecule has 13 heavy (non-hydrogen) atoms. The molecule has 0 aliphatic carbocycles. The van der Waals surface area contributed by atoms with Crippen molar-refractivity contribution < 1.29 is 14.3 Å². The summed E-state index contributed by atoms with van der Waals surface area (Å²) >= 11 is 0. The highest BCUT2D eigenvalue weighted by Crippen LogP contribution is 2.16. The molecule has 0 amide bonds. The lowest BCUT2D eigenvalue weighted by molar-refractivity contribution is -0.138. The minimum atomic E-state index is -0.0808. The summed E-state index contributed by atoms with van der Waals surface area (Å²) in [5.41, 5.74) is 0. The molecule has 0 aromatic heterocycles. The molecule has 1 fully saturated rings. The van der Waals surface area contributed by atoms with Gasteiger partial charge in [-0.25, -0.2) is 0 Å². The van der Waals surface area contributed by atoms with Crippen LogP contribution in [0.4, 0.5) is 0 Å². The lowest BCUT2D eigenvalue weighted by Gasteiger charge is -2.26. The number of Topliss-reactive ketones (excluding diaryl/α,β-unsaturated/α-hetero) is 1. The van der Waals surface area contributed by atoms with E-state index in [0.717, 1.165) is 13.0 Å². The Labute approximate surface area is 77.6 Å². The van der Waals surface area contributed by atoms with Gasteiger partial charge in [0.2, 0.25) is 0 Å². The van der Waals surface area contributed by atoms with Gasteiger partial charge >= 0.3 is 0 Å². The molecule has 1 N–H and O–H groups in total. The molecule has 1 rings (SSSR count). The van der Waals surface area contributed by atoms with Gasteiger partial charge in [0.15, 0.2) is 5.78 Å². The Morgan fingerprint density at radius 3 is 3.00 bits per heavy atom. The largest absolute Gasteiger partial charge is 0.460 e. The molecule has 0 aromatic carbocycles. The predicted molar refractivity (Wildman–Crippen MR) is 47.2 cm³/mol. The third kappa shape index (κ3) is 3.14. The van der Waals surface area contributed by atoms with E-state index in [1.54, 1.807) is 0 Å². The number of rotatable bonds is 4. The van der Waals surface area contributed by atoms with E-state index in [9.17, 15) is 9.59 Å². The van der Waals surface area contributed by atoms with Crippen LogP contribution in [0.15, 0.2) is 0 Å². The number of hydrogen-bond acceptors (Lipinski definition) is 4. The van der Waals surface area contributed by atoms with E-state index in [-0.39, 0.29) is 18.3 Å². The molecule has 0 saturated carbocycles. The number of ether oxygens (including phenoxy) is 1. The molecule has 0 spiro atoms. The Morgan fingerprint density at radius 2 is 2.38 bits per heavy atom. The highest BCUT2D eigenvalue weighted by atomic mass is 16.5. The maximum absolute atomic E-state index is 11.4. The van der Waals surface area contributed by atoms with Crippen LogP contribution in [0, 0.1) is 11.8 Å². The maximum Gasteiger partial charge on any atom is 0.293 e. The summed E-state index contributed by atoms with van der Waals surface area (Å²) in [7, 11) is 0. The zero-order chi connectivity index (χ0) is 9.68. The van der Waals surface area contributed by atoms with Crippen LogP contribution < -0.4 is 5.32 Å². The van der Waals surface area contributed by atoms with Gasteiger partial charge in [0, 0.05) is 12.5 Å². The van der Waals surface area contributed by atoms with Crippen molar-refractivity contribution in [1.29, 1.82) is 0 Å². The van der Waals surface area contributed by atoms with E-state index in [1.807, 2.05) is 0 Å². The molecule has 2 unspecified atom stereocenters. The van der Waals surface area contributed by atoms with E-state index in [4.69, 9.17) is 0 Å². The summed E-state index contributed by atoms with van der Waals surface area (Å²) in [6.07, 6.45) is 0.897. The molecule has 1 aliphatic heterocycles. The smallest absolute Gasteiger partial charge is 0.293 e. The first-order valence-corrected chi connectivity index (χ1v) is 4.52. The van der Waals surface area contributed by atoms with Crippen LogP contribution in [0.25, 0.3) is 0 Å². The van der Waals surface area contributed by atoms with Gasteiger partial charge in [-0.3, -0.25) is 9.59 Å². The van der Waals surface area contributed by atoms with Gasteiger partial charge in [0.25, 0.3) is 6.47 Å². The summed E-state index contributed by atoms with van der Waals surface area (Å²) < 4.78 is 4.43. The zero-order valence-corrected chi connectivity index (χ0v) is 7.79. The second kappa shape index (κ2) is 4.97. The third-order valence-corrected chi connectivity index (χ3v) is 2.32. The van der Waals surface area contributed by atoms with Crippen molar-refractivity contribution >= 4 is 12.3 Å². The first kappa shape index (κ1) is 10.2. The average molecular weight is 185 g/mol. The number of carbonyl (C=O) groups is 2. The molecule has 4 heteroatoms. The highest BCUT2D eigenvalue weighted by molar-refractivity contribution is 5.83. The number of ketones is 1. The summed E-state index contributed by atoms with van der Waals surface area (Å²) in [4.78, 5) is 21.2. The van der Waals surface area contributed by atoms with Crippen LogP contribution in [-0.4, -0.2) is 32.0 Å². The van der Waals surface area contributed by atoms with Crippen LogP contribution in [0.1, 0.15) is 13.3 Å². The molecule has 0 radical (unpaired) electrons. The molecule has 0 bridgehead atoms. The quantitative estimate of drug-likeness (QED) is 0.625. The van der Waals surface area contributed by atoms with Crippen molar-refractivity contribution in [2.75, 3.05) is 19.7 Å². The summed E-state index contributed by atoms with van der Waals surface area (Å²) in [6, 6.07) is 0. The van der Waals surface area contributed by atoms with Crippen molar-refractivity contribution in [3.63, 3.8) is 0 Å². The second-order valence-corrected chi connectivity index (χ2v) is 3.57. The van der Waals surface area contributed by atoms with Gasteiger partial charge < -0.3 is 10.1 Å². The lowest BCUT2D eigenvalue weighted by atomic mass is 9.89. The highest BCUT2D eigenvalue weighted by Gasteiger charge is 2.24.